The van der Waals surface area contributed by atoms with E-state index < -0.39 is 39.0 Å². The van der Waals surface area contributed by atoms with E-state index in [4.69, 9.17) is 26.7 Å². The summed E-state index contributed by atoms with van der Waals surface area (Å²) in [6.45, 7) is 2.76. The number of phosphoric acid groups is 1. The molecule has 2 aromatic rings. The molecule has 1 saturated heterocycles. The minimum Gasteiger partial charge on any atom is -0.387 e. The van der Waals surface area contributed by atoms with E-state index in [1.54, 1.807) is 13.8 Å². The molecule has 3 rings (SSSR count). The minimum absolute atomic E-state index is 0.0193. The standard InChI is InChI=1S/C14H18N3O8PS/c1-5-6(2)12(20)15-11-7(5)3-17(14(27)16-11)13-10(19)9(18)8(25-13)4-24-26(21,22)23/h3,8-10,13,18-19H,4H2,1-2H3,(H2,21,22,23)(H,15,16,20,27)/t8-,9?,10+,13-/m1/s1. The van der Waals surface area contributed by atoms with Gasteiger partial charge in [0.25, 0.3) is 5.56 Å². The first-order chi connectivity index (χ1) is 12.5. The molecule has 0 radical (unpaired) electrons. The van der Waals surface area contributed by atoms with E-state index in [1.807, 2.05) is 0 Å². The molecule has 0 aliphatic carbocycles. The van der Waals surface area contributed by atoms with Gasteiger partial charge in [-0.3, -0.25) is 13.9 Å². The first kappa shape index (κ1) is 20.2. The Morgan fingerprint density at radius 2 is 2.00 bits per heavy atom. The van der Waals surface area contributed by atoms with E-state index in [-0.39, 0.29) is 16.0 Å². The number of ether oxygens (including phenoxy) is 1. The Balaban J connectivity index is 1.99. The van der Waals surface area contributed by atoms with Crippen LogP contribution in [0.4, 0.5) is 0 Å². The molecule has 0 bridgehead atoms. The van der Waals surface area contributed by atoms with Crippen molar-refractivity contribution in [2.45, 2.75) is 38.4 Å². The molecule has 1 aliphatic rings. The lowest BCUT2D eigenvalue weighted by atomic mass is 10.1. The van der Waals surface area contributed by atoms with Crippen LogP contribution in [0.1, 0.15) is 17.4 Å². The second kappa shape index (κ2) is 7.15. The lowest BCUT2D eigenvalue weighted by Gasteiger charge is -2.19. The van der Waals surface area contributed by atoms with Crippen molar-refractivity contribution in [3.63, 3.8) is 0 Å². The number of aromatic nitrogens is 3. The number of aliphatic hydroxyl groups is 2. The molecular formula is C14H18N3O8PS. The fraction of sp³-hybridized carbons (Fsp3) is 0.500. The van der Waals surface area contributed by atoms with E-state index in [1.165, 1.54) is 10.8 Å². The fourth-order valence-corrected chi connectivity index (χ4v) is 3.45. The summed E-state index contributed by atoms with van der Waals surface area (Å²) in [7, 11) is -4.76. The molecule has 4 atom stereocenters. The summed E-state index contributed by atoms with van der Waals surface area (Å²) in [5, 5.41) is 21.0. The van der Waals surface area contributed by atoms with Crippen LogP contribution >= 0.6 is 20.0 Å². The van der Waals surface area contributed by atoms with Gasteiger partial charge in [-0.05, 0) is 31.6 Å². The third-order valence-corrected chi connectivity index (χ3v) is 5.30. The van der Waals surface area contributed by atoms with Crippen molar-refractivity contribution < 1.29 is 33.8 Å². The van der Waals surface area contributed by atoms with Crippen LogP contribution in [0, 0.1) is 18.6 Å². The number of hydrogen-bond acceptors (Lipinski definition) is 8. The number of pyridine rings is 1. The summed E-state index contributed by atoms with van der Waals surface area (Å²) in [5.41, 5.74) is 1.15. The summed E-state index contributed by atoms with van der Waals surface area (Å²) in [4.78, 5) is 36.2. The number of H-pyrrole nitrogens is 1. The second-order valence-corrected chi connectivity index (χ2v) is 7.83. The number of phosphoric ester groups is 1. The van der Waals surface area contributed by atoms with Crippen LogP contribution in [0.5, 0.6) is 0 Å². The molecule has 0 aromatic carbocycles. The molecule has 3 heterocycles. The molecule has 13 heteroatoms. The number of aromatic amines is 1. The number of nitrogens with zero attached hydrogens (tertiary/aromatic N) is 2. The number of fused-ring (bicyclic) bond motifs is 1. The summed E-state index contributed by atoms with van der Waals surface area (Å²) in [6.07, 6.45) is -3.70. The lowest BCUT2D eigenvalue weighted by molar-refractivity contribution is -0.0531. The Kier molecular flexibility index (Phi) is 5.36. The number of nitrogens with one attached hydrogen (secondary N) is 1. The highest BCUT2D eigenvalue weighted by molar-refractivity contribution is 7.71. The highest BCUT2D eigenvalue weighted by atomic mass is 32.1. The molecule has 5 N–H and O–H groups in total. The van der Waals surface area contributed by atoms with E-state index in [9.17, 15) is 19.6 Å². The van der Waals surface area contributed by atoms with Crippen molar-refractivity contribution in [1.82, 2.24) is 14.5 Å². The van der Waals surface area contributed by atoms with Gasteiger partial charge in [-0.1, -0.05) is 0 Å². The van der Waals surface area contributed by atoms with Crippen LogP contribution in [0.15, 0.2) is 11.0 Å². The van der Waals surface area contributed by atoms with Gasteiger partial charge in [0.1, 0.15) is 24.0 Å². The Morgan fingerprint density at radius 1 is 1.33 bits per heavy atom. The second-order valence-electron chi connectivity index (χ2n) is 6.23. The van der Waals surface area contributed by atoms with E-state index in [0.29, 0.717) is 16.5 Å². The van der Waals surface area contributed by atoms with E-state index in [2.05, 4.69) is 14.5 Å². The van der Waals surface area contributed by atoms with Gasteiger partial charge >= 0.3 is 7.82 Å². The minimum atomic E-state index is -4.76. The van der Waals surface area contributed by atoms with Crippen LogP contribution in [-0.2, 0) is 13.8 Å². The van der Waals surface area contributed by atoms with Crippen molar-refractivity contribution in [3.8, 4) is 0 Å². The quantitative estimate of drug-likeness (QED) is 0.331. The van der Waals surface area contributed by atoms with Crippen molar-refractivity contribution in [2.75, 3.05) is 6.61 Å². The van der Waals surface area contributed by atoms with Gasteiger partial charge in [0.15, 0.2) is 6.23 Å². The van der Waals surface area contributed by atoms with Gasteiger partial charge in [-0.15, -0.1) is 0 Å². The maximum absolute atomic E-state index is 11.9. The van der Waals surface area contributed by atoms with Gasteiger partial charge in [0.2, 0.25) is 4.77 Å². The Hall–Kier alpha value is -1.50. The zero-order valence-corrected chi connectivity index (χ0v) is 16.0. The van der Waals surface area contributed by atoms with Crippen molar-refractivity contribution >= 4 is 31.1 Å². The summed E-state index contributed by atoms with van der Waals surface area (Å²) < 4.78 is 22.0. The van der Waals surface area contributed by atoms with Crippen molar-refractivity contribution in [3.05, 3.63) is 32.4 Å². The topological polar surface area (TPSA) is 167 Å². The molecule has 1 fully saturated rings. The molecular weight excluding hydrogens is 401 g/mol. The zero-order valence-electron chi connectivity index (χ0n) is 14.3. The number of rotatable bonds is 4. The first-order valence-electron chi connectivity index (χ1n) is 7.83. The molecule has 2 aromatic heterocycles. The highest BCUT2D eigenvalue weighted by Gasteiger charge is 2.44. The smallest absolute Gasteiger partial charge is 0.387 e. The van der Waals surface area contributed by atoms with Gasteiger partial charge < -0.3 is 29.7 Å². The zero-order chi connectivity index (χ0) is 20.1. The normalized spacial score (nSPS) is 26.0. The number of aryl methyl sites for hydroxylation is 1. The molecule has 148 valence electrons. The maximum Gasteiger partial charge on any atom is 0.469 e. The number of hydrogen-bond donors (Lipinski definition) is 5. The Morgan fingerprint density at radius 3 is 2.63 bits per heavy atom. The van der Waals surface area contributed by atoms with Crippen molar-refractivity contribution in [2.24, 2.45) is 0 Å². The maximum atomic E-state index is 11.9. The molecule has 0 amide bonds. The summed E-state index contributed by atoms with van der Waals surface area (Å²) >= 11 is 5.19. The SMILES string of the molecule is Cc1c(C)c2cn([C@@H]3O[C@H](COP(=O)(O)O)C(O)[C@@H]3O)c(=S)nc2[nH]c1=O. The number of aliphatic hydroxyl groups excluding tert-OH is 2. The lowest BCUT2D eigenvalue weighted by Crippen LogP contribution is -2.33. The van der Waals surface area contributed by atoms with Crippen LogP contribution in [-0.4, -0.2) is 59.5 Å². The van der Waals surface area contributed by atoms with Crippen LogP contribution in [0.25, 0.3) is 11.0 Å². The van der Waals surface area contributed by atoms with E-state index in [0.717, 1.165) is 0 Å². The summed E-state index contributed by atoms with van der Waals surface area (Å²) in [5.74, 6) is 0. The average molecular weight is 419 g/mol. The molecule has 1 unspecified atom stereocenters. The molecule has 0 spiro atoms. The van der Waals surface area contributed by atoms with Gasteiger partial charge in [0.05, 0.1) is 6.61 Å². The van der Waals surface area contributed by atoms with Gasteiger partial charge in [-0.2, -0.15) is 0 Å². The van der Waals surface area contributed by atoms with Crippen LogP contribution in [0.2, 0.25) is 0 Å². The molecule has 11 nitrogen and oxygen atoms in total. The molecule has 27 heavy (non-hydrogen) atoms. The molecule has 0 saturated carbocycles. The highest BCUT2D eigenvalue weighted by Crippen LogP contribution is 2.38. The van der Waals surface area contributed by atoms with Crippen molar-refractivity contribution in [1.29, 1.82) is 0 Å². The Bertz CT molecular complexity index is 1050. The Labute approximate surface area is 157 Å². The monoisotopic (exact) mass is 419 g/mol. The van der Waals surface area contributed by atoms with E-state index >= 15 is 0 Å². The fourth-order valence-electron chi connectivity index (χ4n) is 2.86. The average Bonchev–Trinajstić information content (AvgIpc) is 2.85. The first-order valence-corrected chi connectivity index (χ1v) is 9.77. The third kappa shape index (κ3) is 3.89. The predicted octanol–water partition coefficient (Wildman–Crippen LogP) is -0.201. The van der Waals surface area contributed by atoms with Gasteiger partial charge in [-0.25, -0.2) is 9.55 Å². The molecule has 1 aliphatic heterocycles. The van der Waals surface area contributed by atoms with Crippen LogP contribution < -0.4 is 5.56 Å². The largest absolute Gasteiger partial charge is 0.469 e. The predicted molar refractivity (Wildman–Crippen MR) is 94.6 cm³/mol. The van der Waals surface area contributed by atoms with Crippen LogP contribution in [0.3, 0.4) is 0 Å². The summed E-state index contributed by atoms with van der Waals surface area (Å²) in [6, 6.07) is 0. The van der Waals surface area contributed by atoms with Gasteiger partial charge in [0, 0.05) is 17.1 Å². The third-order valence-electron chi connectivity index (χ3n) is 4.51.